The Bertz CT molecular complexity index is 887. The van der Waals surface area contributed by atoms with Crippen molar-refractivity contribution in [3.05, 3.63) is 57.6 Å². The summed E-state index contributed by atoms with van der Waals surface area (Å²) < 4.78 is 44.4. The fraction of sp³-hybridized carbons (Fsp3) is 0.333. The number of hydrogen-bond donors (Lipinski definition) is 3. The summed E-state index contributed by atoms with van der Waals surface area (Å²) in [7, 11) is 3.32. The lowest BCUT2D eigenvalue weighted by Gasteiger charge is -2.09. The van der Waals surface area contributed by atoms with E-state index < -0.39 is 22.4 Å². The van der Waals surface area contributed by atoms with E-state index in [0.717, 1.165) is 58.3 Å². The predicted octanol–water partition coefficient (Wildman–Crippen LogP) is 5.78. The van der Waals surface area contributed by atoms with Gasteiger partial charge in [0.05, 0.1) is 10.5 Å². The maximum absolute atomic E-state index is 12.7. The molecule has 0 spiro atoms. The highest BCUT2D eigenvalue weighted by Gasteiger charge is 2.33. The maximum Gasteiger partial charge on any atom is 0.416 e. The van der Waals surface area contributed by atoms with Gasteiger partial charge < -0.3 is 5.73 Å². The van der Waals surface area contributed by atoms with E-state index in [0.29, 0.717) is 12.6 Å². The number of anilines is 1. The van der Waals surface area contributed by atoms with Gasteiger partial charge >= 0.3 is 6.18 Å². The molecule has 170 valence electrons. The Morgan fingerprint density at radius 3 is 2.13 bits per heavy atom. The average Bonchev–Trinajstić information content (AvgIpc) is 2.70. The van der Waals surface area contributed by atoms with Crippen LogP contribution in [0.3, 0.4) is 0 Å². The number of hydrogen-bond acceptors (Lipinski definition) is 9. The van der Waals surface area contributed by atoms with Crippen molar-refractivity contribution in [2.45, 2.75) is 22.9 Å². The van der Waals surface area contributed by atoms with Gasteiger partial charge in [-0.05, 0) is 60.6 Å². The molecule has 2 aromatic rings. The first kappa shape index (κ1) is 26.0. The zero-order chi connectivity index (χ0) is 22.9. The van der Waals surface area contributed by atoms with Gasteiger partial charge in [-0.3, -0.25) is 19.6 Å². The molecule has 0 saturated heterocycles. The molecule has 6 nitrogen and oxygen atoms in total. The second-order valence-corrected chi connectivity index (χ2v) is 10.7. The summed E-state index contributed by atoms with van der Waals surface area (Å²) in [4.78, 5) is 11.4. The van der Waals surface area contributed by atoms with E-state index in [-0.39, 0.29) is 4.90 Å². The first-order valence-electron chi connectivity index (χ1n) is 8.94. The van der Waals surface area contributed by atoms with Gasteiger partial charge in [0.15, 0.2) is 0 Å². The molecule has 0 aliphatic heterocycles. The van der Waals surface area contributed by atoms with Gasteiger partial charge in [-0.2, -0.15) is 13.2 Å². The standard InChI is InChI=1S/C18H21F3N4O2S4/c1-12-2-4-16(14(22)10-12)30-23-6-8-28-29-9-7-24-31-17-5-3-13(18(19,20)21)11-15(17)25(26)27/h2-5,10-11,23-24H,6-9,22H2,1H3. The third-order valence-corrected chi connectivity index (χ3v) is 7.93. The minimum Gasteiger partial charge on any atom is -0.398 e. The molecule has 4 N–H and O–H groups in total. The summed E-state index contributed by atoms with van der Waals surface area (Å²) in [6.45, 7) is 3.32. The van der Waals surface area contributed by atoms with Crippen LogP contribution in [0.5, 0.6) is 0 Å². The van der Waals surface area contributed by atoms with Gasteiger partial charge in [-0.15, -0.1) is 0 Å². The van der Waals surface area contributed by atoms with Crippen molar-refractivity contribution in [2.24, 2.45) is 0 Å². The van der Waals surface area contributed by atoms with E-state index in [1.807, 2.05) is 25.1 Å². The van der Waals surface area contributed by atoms with Gasteiger partial charge in [0.2, 0.25) is 0 Å². The molecule has 0 aliphatic rings. The molecule has 2 rings (SSSR count). The Balaban J connectivity index is 1.60. The minimum atomic E-state index is -4.62. The van der Waals surface area contributed by atoms with Crippen molar-refractivity contribution in [1.29, 1.82) is 0 Å². The number of nitrogens with zero attached hydrogens (tertiary/aromatic N) is 1. The first-order chi connectivity index (χ1) is 14.7. The van der Waals surface area contributed by atoms with Crippen LogP contribution in [0.2, 0.25) is 0 Å². The number of nitrogen functional groups attached to an aromatic ring is 1. The summed E-state index contributed by atoms with van der Waals surface area (Å²) in [5.41, 5.74) is 6.23. The summed E-state index contributed by atoms with van der Waals surface area (Å²) in [6, 6.07) is 8.44. The van der Waals surface area contributed by atoms with Crippen molar-refractivity contribution in [1.82, 2.24) is 9.44 Å². The van der Waals surface area contributed by atoms with E-state index in [9.17, 15) is 23.3 Å². The van der Waals surface area contributed by atoms with Gasteiger partial charge in [-0.1, -0.05) is 27.7 Å². The number of halogens is 3. The number of alkyl halides is 3. The lowest BCUT2D eigenvalue weighted by Crippen LogP contribution is -2.10. The van der Waals surface area contributed by atoms with Crippen LogP contribution in [0.25, 0.3) is 0 Å². The fourth-order valence-corrected chi connectivity index (χ4v) is 5.70. The number of benzene rings is 2. The number of nitrogens with two attached hydrogens (primary N) is 1. The van der Waals surface area contributed by atoms with Crippen molar-refractivity contribution in [3.63, 3.8) is 0 Å². The maximum atomic E-state index is 12.7. The zero-order valence-electron chi connectivity index (χ0n) is 16.4. The Labute approximate surface area is 194 Å². The van der Waals surface area contributed by atoms with E-state index >= 15 is 0 Å². The van der Waals surface area contributed by atoms with Crippen LogP contribution in [0.4, 0.5) is 24.5 Å². The van der Waals surface area contributed by atoms with Crippen molar-refractivity contribution in [3.8, 4) is 0 Å². The van der Waals surface area contributed by atoms with Gasteiger partial charge in [0.25, 0.3) is 5.69 Å². The lowest BCUT2D eigenvalue weighted by molar-refractivity contribution is -0.388. The number of nitro benzene ring substituents is 1. The van der Waals surface area contributed by atoms with Crippen molar-refractivity contribution < 1.29 is 18.1 Å². The molecule has 0 unspecified atom stereocenters. The normalized spacial score (nSPS) is 11.6. The van der Waals surface area contributed by atoms with Crippen molar-refractivity contribution in [2.75, 3.05) is 30.3 Å². The minimum absolute atomic E-state index is 0.146. The SMILES string of the molecule is Cc1ccc(SNCCSSCCNSc2ccc(C(F)(F)F)cc2[N+](=O)[O-])c(N)c1. The third-order valence-electron chi connectivity index (χ3n) is 3.67. The lowest BCUT2D eigenvalue weighted by atomic mass is 10.2. The zero-order valence-corrected chi connectivity index (χ0v) is 19.7. The summed E-state index contributed by atoms with van der Waals surface area (Å²) in [5.74, 6) is 1.62. The molecular weight excluding hydrogens is 489 g/mol. The molecule has 0 saturated carbocycles. The number of nitrogens with one attached hydrogen (secondary N) is 2. The molecule has 2 aromatic carbocycles. The van der Waals surface area contributed by atoms with Gasteiger partial charge in [0, 0.05) is 41.2 Å². The quantitative estimate of drug-likeness (QED) is 0.0820. The van der Waals surface area contributed by atoms with Gasteiger partial charge in [-0.25, -0.2) is 0 Å². The first-order valence-corrected chi connectivity index (χ1v) is 13.1. The second kappa shape index (κ2) is 12.7. The smallest absolute Gasteiger partial charge is 0.398 e. The molecule has 0 heterocycles. The average molecular weight is 511 g/mol. The Hall–Kier alpha value is -1.25. The van der Waals surface area contributed by atoms with Crippen LogP contribution in [0.15, 0.2) is 46.2 Å². The number of aryl methyl sites for hydroxylation is 1. The molecule has 31 heavy (non-hydrogen) atoms. The Kier molecular flexibility index (Phi) is 10.7. The molecule has 0 bridgehead atoms. The molecule has 0 aromatic heterocycles. The molecular formula is C18H21F3N4O2S4. The van der Waals surface area contributed by atoms with E-state index in [4.69, 9.17) is 5.73 Å². The molecule has 0 amide bonds. The molecule has 0 aliphatic carbocycles. The van der Waals surface area contributed by atoms with Crippen LogP contribution < -0.4 is 15.2 Å². The summed E-state index contributed by atoms with van der Waals surface area (Å²) >= 11 is 2.45. The summed E-state index contributed by atoms with van der Waals surface area (Å²) in [6.07, 6.45) is -4.62. The summed E-state index contributed by atoms with van der Waals surface area (Å²) in [5, 5.41) is 11.1. The molecule has 0 atom stereocenters. The molecule has 0 radical (unpaired) electrons. The molecule has 0 fully saturated rings. The highest BCUT2D eigenvalue weighted by Crippen LogP contribution is 2.35. The fourth-order valence-electron chi connectivity index (χ4n) is 2.23. The van der Waals surface area contributed by atoms with Crippen LogP contribution in [-0.2, 0) is 6.18 Å². The number of nitro groups is 1. The topological polar surface area (TPSA) is 93.2 Å². The van der Waals surface area contributed by atoms with Gasteiger partial charge in [0.1, 0.15) is 4.90 Å². The van der Waals surface area contributed by atoms with Crippen LogP contribution >= 0.6 is 45.5 Å². The molecule has 13 heteroatoms. The second-order valence-electron chi connectivity index (χ2n) is 6.12. The van der Waals surface area contributed by atoms with E-state index in [1.54, 1.807) is 21.6 Å². The number of rotatable bonds is 12. The van der Waals surface area contributed by atoms with Crippen LogP contribution in [-0.4, -0.2) is 29.5 Å². The largest absolute Gasteiger partial charge is 0.416 e. The van der Waals surface area contributed by atoms with Crippen LogP contribution in [0, 0.1) is 17.0 Å². The van der Waals surface area contributed by atoms with Crippen molar-refractivity contribution >= 4 is 56.9 Å². The predicted molar refractivity (Wildman–Crippen MR) is 126 cm³/mol. The monoisotopic (exact) mass is 510 g/mol. The third kappa shape index (κ3) is 9.02. The highest BCUT2D eigenvalue weighted by atomic mass is 33.1. The van der Waals surface area contributed by atoms with E-state index in [2.05, 4.69) is 9.44 Å². The Morgan fingerprint density at radius 2 is 1.58 bits per heavy atom. The highest BCUT2D eigenvalue weighted by molar-refractivity contribution is 8.76. The van der Waals surface area contributed by atoms with Crippen LogP contribution in [0.1, 0.15) is 11.1 Å². The Morgan fingerprint density at radius 1 is 1.00 bits per heavy atom. The van der Waals surface area contributed by atoms with E-state index in [1.165, 1.54) is 11.9 Å².